The number of allylic oxidation sites excluding steroid dienone is 4. The lowest BCUT2D eigenvalue weighted by Crippen LogP contribution is -2.24. The summed E-state index contributed by atoms with van der Waals surface area (Å²) in [5, 5.41) is 19.2. The molecule has 0 rings (SSSR count). The summed E-state index contributed by atoms with van der Waals surface area (Å²) >= 11 is 0. The van der Waals surface area contributed by atoms with E-state index in [1.807, 2.05) is 12.2 Å². The zero-order valence-electron chi connectivity index (χ0n) is 10.4. The van der Waals surface area contributed by atoms with Crippen LogP contribution >= 0.6 is 0 Å². The van der Waals surface area contributed by atoms with Gasteiger partial charge in [-0.05, 0) is 31.8 Å². The molecule has 0 spiro atoms. The highest BCUT2D eigenvalue weighted by Gasteiger charge is 2.12. The first-order valence-corrected chi connectivity index (χ1v) is 5.99. The molecule has 0 saturated carbocycles. The van der Waals surface area contributed by atoms with Crippen molar-refractivity contribution in [3.8, 4) is 12.3 Å². The minimum atomic E-state index is -0.754. The first-order chi connectivity index (χ1) is 8.22. The third kappa shape index (κ3) is 9.62. The van der Waals surface area contributed by atoms with Crippen LogP contribution in [0, 0.1) is 12.3 Å². The van der Waals surface area contributed by atoms with E-state index in [1.165, 1.54) is 6.08 Å². The number of hydrogen-bond acceptors (Lipinski definition) is 2. The van der Waals surface area contributed by atoms with Crippen molar-refractivity contribution in [2.75, 3.05) is 0 Å². The van der Waals surface area contributed by atoms with Gasteiger partial charge in [-0.1, -0.05) is 43.2 Å². The molecule has 0 aliphatic heterocycles. The monoisotopic (exact) mass is 234 g/mol. The number of hydrogen-bond donors (Lipinski definition) is 2. The van der Waals surface area contributed by atoms with E-state index < -0.39 is 12.2 Å². The topological polar surface area (TPSA) is 40.5 Å². The smallest absolute Gasteiger partial charge is 0.0836 e. The van der Waals surface area contributed by atoms with Crippen LogP contribution in [0.3, 0.4) is 0 Å². The molecule has 0 aromatic rings. The highest BCUT2D eigenvalue weighted by atomic mass is 16.3. The van der Waals surface area contributed by atoms with Gasteiger partial charge in [0.1, 0.15) is 0 Å². The van der Waals surface area contributed by atoms with Gasteiger partial charge in [-0.3, -0.25) is 0 Å². The van der Waals surface area contributed by atoms with Gasteiger partial charge in [-0.2, -0.15) is 0 Å². The molecule has 0 heterocycles. The summed E-state index contributed by atoms with van der Waals surface area (Å²) < 4.78 is 0. The molecule has 2 heteroatoms. The molecule has 0 aromatic carbocycles. The Balaban J connectivity index is 3.77. The number of terminal acetylenes is 1. The molecule has 0 aromatic heterocycles. The lowest BCUT2D eigenvalue weighted by molar-refractivity contribution is 0.0238. The standard InChI is InChI=1S/C15H22O2/c1-3-5-7-8-9-11-13-15(17)14(16)12-10-6-4-2/h2,5-7,9-11,14-17H,3,8,12-13H2,1H3/b7-5+,10-6?,11-9-. The van der Waals surface area contributed by atoms with Gasteiger partial charge < -0.3 is 10.2 Å². The summed E-state index contributed by atoms with van der Waals surface area (Å²) in [6.45, 7) is 2.09. The molecule has 94 valence electrons. The second-order valence-corrected chi connectivity index (χ2v) is 3.76. The molecule has 0 aliphatic carbocycles. The van der Waals surface area contributed by atoms with Gasteiger partial charge >= 0.3 is 0 Å². The maximum Gasteiger partial charge on any atom is 0.0836 e. The largest absolute Gasteiger partial charge is 0.390 e. The highest BCUT2D eigenvalue weighted by Crippen LogP contribution is 2.05. The maximum atomic E-state index is 9.61. The summed E-state index contributed by atoms with van der Waals surface area (Å²) in [5.41, 5.74) is 0. The zero-order valence-corrected chi connectivity index (χ0v) is 10.4. The third-order valence-electron chi connectivity index (χ3n) is 2.25. The van der Waals surface area contributed by atoms with Crippen molar-refractivity contribution in [1.29, 1.82) is 0 Å². The number of aliphatic hydroxyl groups is 2. The molecule has 0 fully saturated rings. The Morgan fingerprint density at radius 1 is 1.00 bits per heavy atom. The van der Waals surface area contributed by atoms with Crippen molar-refractivity contribution in [2.45, 2.75) is 44.8 Å². The average molecular weight is 234 g/mol. The quantitative estimate of drug-likeness (QED) is 0.500. The fraction of sp³-hybridized carbons (Fsp3) is 0.467. The predicted octanol–water partition coefficient (Wildman–Crippen LogP) is 2.59. The van der Waals surface area contributed by atoms with E-state index in [1.54, 1.807) is 6.08 Å². The van der Waals surface area contributed by atoms with Gasteiger partial charge in [-0.15, -0.1) is 6.42 Å². The Kier molecular flexibility index (Phi) is 10.3. The zero-order chi connectivity index (χ0) is 12.9. The van der Waals surface area contributed by atoms with E-state index in [9.17, 15) is 10.2 Å². The lowest BCUT2D eigenvalue weighted by Gasteiger charge is -2.13. The summed E-state index contributed by atoms with van der Waals surface area (Å²) in [4.78, 5) is 0. The van der Waals surface area contributed by atoms with Crippen molar-refractivity contribution in [2.24, 2.45) is 0 Å². The molecule has 2 unspecified atom stereocenters. The molecule has 2 nitrogen and oxygen atoms in total. The summed E-state index contributed by atoms with van der Waals surface area (Å²) in [6.07, 6.45) is 17.6. The maximum absolute atomic E-state index is 9.61. The SMILES string of the molecule is C#CC=CCC(O)C(O)C/C=C\C/C=C/CC. The Morgan fingerprint density at radius 2 is 1.59 bits per heavy atom. The molecule has 0 saturated heterocycles. The Labute approximate surface area is 104 Å². The first-order valence-electron chi connectivity index (χ1n) is 5.99. The van der Waals surface area contributed by atoms with Crippen molar-refractivity contribution in [3.05, 3.63) is 36.5 Å². The van der Waals surface area contributed by atoms with Crippen molar-refractivity contribution in [1.82, 2.24) is 0 Å². The van der Waals surface area contributed by atoms with E-state index in [2.05, 4.69) is 25.0 Å². The van der Waals surface area contributed by atoms with Crippen molar-refractivity contribution in [3.63, 3.8) is 0 Å². The van der Waals surface area contributed by atoms with E-state index >= 15 is 0 Å². The van der Waals surface area contributed by atoms with Crippen LogP contribution < -0.4 is 0 Å². The van der Waals surface area contributed by atoms with Crippen molar-refractivity contribution < 1.29 is 10.2 Å². The van der Waals surface area contributed by atoms with Gasteiger partial charge in [-0.25, -0.2) is 0 Å². The van der Waals surface area contributed by atoms with Gasteiger partial charge in [0.2, 0.25) is 0 Å². The van der Waals surface area contributed by atoms with E-state index in [0.29, 0.717) is 12.8 Å². The van der Waals surface area contributed by atoms with E-state index in [4.69, 9.17) is 6.42 Å². The van der Waals surface area contributed by atoms with Crippen LogP contribution in [0.15, 0.2) is 36.5 Å². The third-order valence-corrected chi connectivity index (χ3v) is 2.25. The van der Waals surface area contributed by atoms with Gasteiger partial charge in [0.15, 0.2) is 0 Å². The normalized spacial score (nSPS) is 15.6. The summed E-state index contributed by atoms with van der Waals surface area (Å²) in [6, 6.07) is 0. The molecule has 0 aliphatic rings. The molecule has 0 radical (unpaired) electrons. The number of rotatable bonds is 8. The first kappa shape index (κ1) is 15.7. The van der Waals surface area contributed by atoms with Crippen LogP contribution in [0.25, 0.3) is 0 Å². The van der Waals surface area contributed by atoms with Crippen LogP contribution in [0.4, 0.5) is 0 Å². The lowest BCUT2D eigenvalue weighted by atomic mass is 10.1. The molecule has 2 N–H and O–H groups in total. The summed E-state index contributed by atoms with van der Waals surface area (Å²) in [7, 11) is 0. The Hall–Kier alpha value is -1.30. The average Bonchev–Trinajstić information content (AvgIpc) is 2.33. The van der Waals surface area contributed by atoms with E-state index in [0.717, 1.165) is 12.8 Å². The predicted molar refractivity (Wildman–Crippen MR) is 72.4 cm³/mol. The van der Waals surface area contributed by atoms with Gasteiger partial charge in [0, 0.05) is 0 Å². The molecule has 0 bridgehead atoms. The minimum Gasteiger partial charge on any atom is -0.390 e. The molecular formula is C15H22O2. The van der Waals surface area contributed by atoms with Crippen LogP contribution in [0.5, 0.6) is 0 Å². The fourth-order valence-electron chi connectivity index (χ4n) is 1.26. The minimum absolute atomic E-state index is 0.384. The molecular weight excluding hydrogens is 212 g/mol. The van der Waals surface area contributed by atoms with Crippen LogP contribution in [0.1, 0.15) is 32.6 Å². The van der Waals surface area contributed by atoms with E-state index in [-0.39, 0.29) is 0 Å². The Bertz CT molecular complexity index is 295. The van der Waals surface area contributed by atoms with Gasteiger partial charge in [0.05, 0.1) is 12.2 Å². The highest BCUT2D eigenvalue weighted by molar-refractivity contribution is 5.09. The van der Waals surface area contributed by atoms with Gasteiger partial charge in [0.25, 0.3) is 0 Å². The summed E-state index contributed by atoms with van der Waals surface area (Å²) in [5.74, 6) is 2.34. The van der Waals surface area contributed by atoms with Crippen LogP contribution in [-0.4, -0.2) is 22.4 Å². The molecule has 0 amide bonds. The second-order valence-electron chi connectivity index (χ2n) is 3.76. The molecule has 17 heavy (non-hydrogen) atoms. The van der Waals surface area contributed by atoms with Crippen LogP contribution in [-0.2, 0) is 0 Å². The van der Waals surface area contributed by atoms with Crippen LogP contribution in [0.2, 0.25) is 0 Å². The fourth-order valence-corrected chi connectivity index (χ4v) is 1.26. The Morgan fingerprint density at radius 3 is 2.18 bits per heavy atom. The van der Waals surface area contributed by atoms with Crippen molar-refractivity contribution >= 4 is 0 Å². The molecule has 2 atom stereocenters. The second kappa shape index (κ2) is 11.2. The number of aliphatic hydroxyl groups excluding tert-OH is 2.